The van der Waals surface area contributed by atoms with E-state index in [0.29, 0.717) is 0 Å². The molecule has 0 aliphatic rings. The van der Waals surface area contributed by atoms with Crippen LogP contribution < -0.4 is 0 Å². The Balaban J connectivity index is 2.19. The molecule has 3 aromatic carbocycles. The van der Waals surface area contributed by atoms with E-state index in [-0.39, 0.29) is 0 Å². The van der Waals surface area contributed by atoms with Crippen molar-refractivity contribution in [2.24, 2.45) is 0 Å². The summed E-state index contributed by atoms with van der Waals surface area (Å²) in [6.45, 7) is 0. The highest BCUT2D eigenvalue weighted by Gasteiger charge is 2.07. The Morgan fingerprint density at radius 1 is 0.632 bits per heavy atom. The van der Waals surface area contributed by atoms with Crippen LogP contribution in [0.1, 0.15) is 0 Å². The lowest BCUT2D eigenvalue weighted by molar-refractivity contribution is 1.74. The predicted octanol–water partition coefficient (Wildman–Crippen LogP) is 6.73. The maximum Gasteiger partial charge on any atom is 0.0366 e. The quantitative estimate of drug-likeness (QED) is 0.311. The second-order valence-electron chi connectivity index (χ2n) is 4.58. The number of thiophene rings is 1. The normalized spacial score (nSPS) is 11.7. The van der Waals surface area contributed by atoms with Crippen LogP contribution in [0.25, 0.3) is 30.9 Å². The van der Waals surface area contributed by atoms with E-state index in [0.717, 1.165) is 8.95 Å². The third kappa shape index (κ3) is 1.92. The third-order valence-corrected chi connectivity index (χ3v) is 5.46. The molecule has 0 bridgehead atoms. The number of fused-ring (bicyclic) bond motifs is 4. The minimum absolute atomic E-state index is 1.13. The van der Waals surface area contributed by atoms with Gasteiger partial charge in [-0.15, -0.1) is 11.3 Å². The van der Waals surface area contributed by atoms with Crippen molar-refractivity contribution >= 4 is 74.1 Å². The first-order valence-corrected chi connectivity index (χ1v) is 8.32. The molecule has 3 heteroatoms. The Kier molecular flexibility index (Phi) is 2.69. The SMILES string of the molecule is Brc1ccc2cc3c(cc2c1)sc1cc(Br)ccc13. The Morgan fingerprint density at radius 3 is 2.26 bits per heavy atom. The van der Waals surface area contributed by atoms with Gasteiger partial charge in [0.2, 0.25) is 0 Å². The second-order valence-corrected chi connectivity index (χ2v) is 7.50. The smallest absolute Gasteiger partial charge is 0.0366 e. The van der Waals surface area contributed by atoms with Gasteiger partial charge in [-0.1, -0.05) is 44.0 Å². The van der Waals surface area contributed by atoms with Crippen LogP contribution in [0.4, 0.5) is 0 Å². The summed E-state index contributed by atoms with van der Waals surface area (Å²) in [6, 6.07) is 17.5. The molecule has 0 unspecified atom stereocenters. The van der Waals surface area contributed by atoms with E-state index in [9.17, 15) is 0 Å². The van der Waals surface area contributed by atoms with Gasteiger partial charge in [-0.05, 0) is 47.2 Å². The molecule has 0 saturated heterocycles. The third-order valence-electron chi connectivity index (χ3n) is 3.35. The molecule has 0 radical (unpaired) electrons. The standard InChI is InChI=1S/C16H8Br2S/c17-11-2-1-9-6-14-13-4-3-12(18)8-16(13)19-15(14)7-10(9)5-11/h1-8H. The summed E-state index contributed by atoms with van der Waals surface area (Å²) >= 11 is 8.93. The number of hydrogen-bond donors (Lipinski definition) is 0. The number of benzene rings is 3. The molecule has 1 aromatic heterocycles. The van der Waals surface area contributed by atoms with E-state index >= 15 is 0 Å². The Hall–Kier alpha value is -0.900. The Labute approximate surface area is 131 Å². The number of rotatable bonds is 0. The molecule has 0 nitrogen and oxygen atoms in total. The van der Waals surface area contributed by atoms with Gasteiger partial charge in [0.15, 0.2) is 0 Å². The summed E-state index contributed by atoms with van der Waals surface area (Å²) in [5, 5.41) is 5.26. The van der Waals surface area contributed by atoms with Gasteiger partial charge in [-0.2, -0.15) is 0 Å². The highest BCUT2D eigenvalue weighted by Crippen LogP contribution is 2.37. The van der Waals surface area contributed by atoms with Crippen molar-refractivity contribution in [3.8, 4) is 0 Å². The van der Waals surface area contributed by atoms with E-state index in [1.165, 1.54) is 30.9 Å². The molecule has 0 fully saturated rings. The molecule has 4 rings (SSSR count). The molecular weight excluding hydrogens is 384 g/mol. The minimum Gasteiger partial charge on any atom is -0.135 e. The van der Waals surface area contributed by atoms with Crippen LogP contribution >= 0.6 is 43.2 Å². The summed E-state index contributed by atoms with van der Waals surface area (Å²) in [7, 11) is 0. The van der Waals surface area contributed by atoms with Crippen LogP contribution in [0.5, 0.6) is 0 Å². The monoisotopic (exact) mass is 390 g/mol. The molecule has 0 atom stereocenters. The lowest BCUT2D eigenvalue weighted by Gasteiger charge is -1.99. The second kappa shape index (κ2) is 4.30. The van der Waals surface area contributed by atoms with Crippen molar-refractivity contribution in [1.82, 2.24) is 0 Å². The molecule has 92 valence electrons. The molecule has 0 amide bonds. The van der Waals surface area contributed by atoms with Crippen molar-refractivity contribution in [2.45, 2.75) is 0 Å². The lowest BCUT2D eigenvalue weighted by Crippen LogP contribution is -1.73. The Morgan fingerprint density at radius 2 is 1.37 bits per heavy atom. The zero-order valence-corrected chi connectivity index (χ0v) is 13.8. The summed E-state index contributed by atoms with van der Waals surface area (Å²) in [5.41, 5.74) is 0. The van der Waals surface area contributed by atoms with Crippen LogP contribution in [0.3, 0.4) is 0 Å². The van der Waals surface area contributed by atoms with Gasteiger partial charge in [-0.25, -0.2) is 0 Å². The van der Waals surface area contributed by atoms with E-state index in [4.69, 9.17) is 0 Å². The van der Waals surface area contributed by atoms with Gasteiger partial charge in [-0.3, -0.25) is 0 Å². The van der Waals surface area contributed by atoms with Gasteiger partial charge in [0, 0.05) is 29.1 Å². The fraction of sp³-hybridized carbons (Fsp3) is 0. The molecule has 0 saturated carbocycles. The van der Waals surface area contributed by atoms with Crippen LogP contribution in [0.2, 0.25) is 0 Å². The highest BCUT2D eigenvalue weighted by atomic mass is 79.9. The van der Waals surface area contributed by atoms with Crippen molar-refractivity contribution < 1.29 is 0 Å². The van der Waals surface area contributed by atoms with Crippen molar-refractivity contribution in [1.29, 1.82) is 0 Å². The van der Waals surface area contributed by atoms with Gasteiger partial charge in [0.05, 0.1) is 0 Å². The van der Waals surface area contributed by atoms with Gasteiger partial charge in [0.25, 0.3) is 0 Å². The highest BCUT2D eigenvalue weighted by molar-refractivity contribution is 9.10. The van der Waals surface area contributed by atoms with Crippen molar-refractivity contribution in [3.05, 3.63) is 57.5 Å². The van der Waals surface area contributed by atoms with Gasteiger partial charge < -0.3 is 0 Å². The zero-order chi connectivity index (χ0) is 13.0. The van der Waals surface area contributed by atoms with Crippen LogP contribution in [-0.2, 0) is 0 Å². The number of hydrogen-bond acceptors (Lipinski definition) is 1. The predicted molar refractivity (Wildman–Crippen MR) is 92.2 cm³/mol. The lowest BCUT2D eigenvalue weighted by atomic mass is 10.1. The summed E-state index contributed by atoms with van der Waals surface area (Å²) in [4.78, 5) is 0. The van der Waals surface area contributed by atoms with E-state index in [1.54, 1.807) is 0 Å². The molecule has 4 aromatic rings. The van der Waals surface area contributed by atoms with E-state index < -0.39 is 0 Å². The topological polar surface area (TPSA) is 0 Å². The molecule has 0 aliphatic carbocycles. The maximum atomic E-state index is 3.54. The Bertz CT molecular complexity index is 929. The average Bonchev–Trinajstić information content (AvgIpc) is 2.72. The fourth-order valence-electron chi connectivity index (χ4n) is 2.46. The summed E-state index contributed by atoms with van der Waals surface area (Å²) < 4.78 is 4.94. The van der Waals surface area contributed by atoms with Gasteiger partial charge in [0.1, 0.15) is 0 Å². The van der Waals surface area contributed by atoms with Crippen LogP contribution in [0.15, 0.2) is 57.5 Å². The van der Waals surface area contributed by atoms with E-state index in [1.807, 2.05) is 11.3 Å². The van der Waals surface area contributed by atoms with Crippen LogP contribution in [0, 0.1) is 0 Å². The molecule has 0 spiro atoms. The van der Waals surface area contributed by atoms with E-state index in [2.05, 4.69) is 80.4 Å². The van der Waals surface area contributed by atoms with Crippen molar-refractivity contribution in [2.75, 3.05) is 0 Å². The average molecular weight is 392 g/mol. The van der Waals surface area contributed by atoms with Gasteiger partial charge >= 0.3 is 0 Å². The van der Waals surface area contributed by atoms with Crippen molar-refractivity contribution in [3.63, 3.8) is 0 Å². The molecule has 0 N–H and O–H groups in total. The minimum atomic E-state index is 1.13. The number of halogens is 2. The fourth-order valence-corrected chi connectivity index (χ4v) is 4.53. The molecule has 1 heterocycles. The zero-order valence-electron chi connectivity index (χ0n) is 9.78. The summed E-state index contributed by atoms with van der Waals surface area (Å²) in [5.74, 6) is 0. The molecule has 19 heavy (non-hydrogen) atoms. The summed E-state index contributed by atoms with van der Waals surface area (Å²) in [6.07, 6.45) is 0. The maximum absolute atomic E-state index is 3.54. The largest absolute Gasteiger partial charge is 0.135 e. The molecule has 0 aliphatic heterocycles. The first-order valence-electron chi connectivity index (χ1n) is 5.92. The first-order chi connectivity index (χ1) is 9.20. The first kappa shape index (κ1) is 11.9. The van der Waals surface area contributed by atoms with Crippen LogP contribution in [-0.4, -0.2) is 0 Å². The molecular formula is C16H8Br2S.